The first-order valence-electron chi connectivity index (χ1n) is 5.30. The van der Waals surface area contributed by atoms with Crippen LogP contribution in [0.15, 0.2) is 28.1 Å². The van der Waals surface area contributed by atoms with Gasteiger partial charge in [0.15, 0.2) is 17.3 Å². The van der Waals surface area contributed by atoms with Crippen LogP contribution < -0.4 is 11.1 Å². The van der Waals surface area contributed by atoms with Crippen molar-refractivity contribution in [3.8, 4) is 11.5 Å². The molecule has 0 amide bonds. The highest BCUT2D eigenvalue weighted by atomic mass is 16.3. The summed E-state index contributed by atoms with van der Waals surface area (Å²) in [6, 6.07) is 4.25. The molecule has 1 aromatic heterocycles. The van der Waals surface area contributed by atoms with Gasteiger partial charge in [-0.2, -0.15) is 15.2 Å². The van der Waals surface area contributed by atoms with Crippen molar-refractivity contribution >= 4 is 12.0 Å². The number of nitrogens with one attached hydrogen (secondary N) is 2. The molecule has 0 aliphatic carbocycles. The van der Waals surface area contributed by atoms with Crippen molar-refractivity contribution in [2.24, 2.45) is 5.10 Å². The third-order valence-corrected chi connectivity index (χ3v) is 2.26. The van der Waals surface area contributed by atoms with E-state index in [0.29, 0.717) is 11.3 Å². The zero-order chi connectivity index (χ0) is 13.8. The number of aromatic hydroxyl groups is 2. The van der Waals surface area contributed by atoms with Gasteiger partial charge in [0.05, 0.1) is 6.21 Å². The molecule has 0 saturated heterocycles. The minimum atomic E-state index is -0.578. The highest BCUT2D eigenvalue weighted by Crippen LogP contribution is 2.23. The number of nitrogens with zero attached hydrogens (tertiary/aromatic N) is 3. The number of hydrogen-bond donors (Lipinski definition) is 4. The highest BCUT2D eigenvalue weighted by molar-refractivity contribution is 5.81. The lowest BCUT2D eigenvalue weighted by Crippen LogP contribution is -2.15. The number of aryl methyl sites for hydroxylation is 1. The van der Waals surface area contributed by atoms with E-state index in [4.69, 9.17) is 5.11 Å². The molecule has 0 atom stereocenters. The number of phenolic OH excluding ortho intramolecular Hbond substituents is 2. The molecule has 98 valence electrons. The Kier molecular flexibility index (Phi) is 3.42. The van der Waals surface area contributed by atoms with Gasteiger partial charge < -0.3 is 10.2 Å². The molecule has 8 heteroatoms. The number of aromatic amines is 1. The smallest absolute Gasteiger partial charge is 0.363 e. The fourth-order valence-corrected chi connectivity index (χ4v) is 1.29. The first kappa shape index (κ1) is 12.6. The summed E-state index contributed by atoms with van der Waals surface area (Å²) in [6.45, 7) is 1.66. The van der Waals surface area contributed by atoms with Gasteiger partial charge in [-0.25, -0.2) is 9.89 Å². The van der Waals surface area contributed by atoms with Crippen molar-refractivity contribution < 1.29 is 10.2 Å². The van der Waals surface area contributed by atoms with Crippen LogP contribution in [0.25, 0.3) is 0 Å². The summed E-state index contributed by atoms with van der Waals surface area (Å²) >= 11 is 0. The summed E-state index contributed by atoms with van der Waals surface area (Å²) in [5.74, 6) is -0.208. The second-order valence-electron chi connectivity index (χ2n) is 3.69. The van der Waals surface area contributed by atoms with E-state index in [-0.39, 0.29) is 17.3 Å². The molecule has 19 heavy (non-hydrogen) atoms. The molecule has 0 aliphatic heterocycles. The van der Waals surface area contributed by atoms with Crippen molar-refractivity contribution in [3.05, 3.63) is 39.9 Å². The zero-order valence-electron chi connectivity index (χ0n) is 9.95. The van der Waals surface area contributed by atoms with Crippen LogP contribution in [-0.4, -0.2) is 31.6 Å². The number of phenols is 2. The lowest BCUT2D eigenvalue weighted by Gasteiger charge is -2.01. The lowest BCUT2D eigenvalue weighted by atomic mass is 10.2. The van der Waals surface area contributed by atoms with E-state index in [1.165, 1.54) is 18.3 Å². The van der Waals surface area contributed by atoms with E-state index in [9.17, 15) is 9.90 Å². The van der Waals surface area contributed by atoms with Crippen molar-refractivity contribution in [2.75, 3.05) is 5.43 Å². The number of hydrazone groups is 1. The molecule has 0 bridgehead atoms. The van der Waals surface area contributed by atoms with E-state index in [1.54, 1.807) is 13.0 Å². The van der Waals surface area contributed by atoms with Crippen LogP contribution in [0, 0.1) is 6.92 Å². The van der Waals surface area contributed by atoms with Gasteiger partial charge in [-0.3, -0.25) is 5.43 Å². The van der Waals surface area contributed by atoms with Crippen LogP contribution >= 0.6 is 0 Å². The van der Waals surface area contributed by atoms with Crippen molar-refractivity contribution in [3.63, 3.8) is 0 Å². The zero-order valence-corrected chi connectivity index (χ0v) is 9.95. The molecule has 1 aromatic carbocycles. The summed E-state index contributed by atoms with van der Waals surface area (Å²) < 4.78 is 0. The fourth-order valence-electron chi connectivity index (χ4n) is 1.29. The molecule has 4 N–H and O–H groups in total. The Hall–Kier alpha value is -2.90. The van der Waals surface area contributed by atoms with E-state index < -0.39 is 5.69 Å². The minimum Gasteiger partial charge on any atom is -0.504 e. The summed E-state index contributed by atoms with van der Waals surface area (Å²) in [7, 11) is 0. The van der Waals surface area contributed by atoms with Gasteiger partial charge in [0.25, 0.3) is 0 Å². The lowest BCUT2D eigenvalue weighted by molar-refractivity contribution is 0.403. The van der Waals surface area contributed by atoms with Crippen LogP contribution in [0.2, 0.25) is 0 Å². The molecule has 8 nitrogen and oxygen atoms in total. The Labute approximate surface area is 107 Å². The Balaban J connectivity index is 2.13. The van der Waals surface area contributed by atoms with E-state index in [0.717, 1.165) is 0 Å². The summed E-state index contributed by atoms with van der Waals surface area (Å²) in [6.07, 6.45) is 1.40. The minimum absolute atomic E-state index is 0.207. The van der Waals surface area contributed by atoms with Gasteiger partial charge >= 0.3 is 5.69 Å². The van der Waals surface area contributed by atoms with Crippen molar-refractivity contribution in [2.45, 2.75) is 6.92 Å². The summed E-state index contributed by atoms with van der Waals surface area (Å²) in [5.41, 5.74) is 3.05. The molecule has 0 radical (unpaired) electrons. The Morgan fingerprint density at radius 2 is 2.16 bits per heavy atom. The SMILES string of the molecule is Cc1n[nH]c(=O)nc1N/N=C/c1ccc(O)c(O)c1. The first-order chi connectivity index (χ1) is 9.06. The largest absolute Gasteiger partial charge is 0.504 e. The van der Waals surface area contributed by atoms with Crippen molar-refractivity contribution in [1.29, 1.82) is 0 Å². The van der Waals surface area contributed by atoms with Gasteiger partial charge in [-0.05, 0) is 30.7 Å². The first-order valence-corrected chi connectivity index (χ1v) is 5.30. The van der Waals surface area contributed by atoms with Crippen LogP contribution in [0.4, 0.5) is 5.82 Å². The monoisotopic (exact) mass is 261 g/mol. The maximum Gasteiger partial charge on any atom is 0.363 e. The predicted octanol–water partition coefficient (Wildman–Crippen LogP) is 0.331. The fraction of sp³-hybridized carbons (Fsp3) is 0.0909. The highest BCUT2D eigenvalue weighted by Gasteiger charge is 2.01. The molecule has 0 unspecified atom stereocenters. The molecule has 0 saturated carbocycles. The molecule has 0 spiro atoms. The molecular weight excluding hydrogens is 250 g/mol. The van der Waals surface area contributed by atoms with Crippen LogP contribution in [-0.2, 0) is 0 Å². The number of anilines is 1. The second kappa shape index (κ2) is 5.17. The number of H-pyrrole nitrogens is 1. The normalized spacial score (nSPS) is 10.8. The van der Waals surface area contributed by atoms with Gasteiger partial charge in [-0.1, -0.05) is 0 Å². The third kappa shape index (κ3) is 3.06. The van der Waals surface area contributed by atoms with Gasteiger partial charge in [-0.15, -0.1) is 0 Å². The topological polar surface area (TPSA) is 123 Å². The average Bonchev–Trinajstić information content (AvgIpc) is 2.38. The van der Waals surface area contributed by atoms with Crippen LogP contribution in [0.3, 0.4) is 0 Å². The maximum atomic E-state index is 11.0. The molecule has 1 heterocycles. The van der Waals surface area contributed by atoms with Crippen LogP contribution in [0.5, 0.6) is 11.5 Å². The molecular formula is C11H11N5O3. The molecule has 2 aromatic rings. The Bertz CT molecular complexity index is 680. The van der Waals surface area contributed by atoms with Gasteiger partial charge in [0.2, 0.25) is 0 Å². The Morgan fingerprint density at radius 1 is 1.37 bits per heavy atom. The predicted molar refractivity (Wildman–Crippen MR) is 68.4 cm³/mol. The van der Waals surface area contributed by atoms with E-state index in [1.807, 2.05) is 0 Å². The second-order valence-corrected chi connectivity index (χ2v) is 3.69. The molecule has 0 fully saturated rings. The Morgan fingerprint density at radius 3 is 2.89 bits per heavy atom. The van der Waals surface area contributed by atoms with Gasteiger partial charge in [0.1, 0.15) is 5.69 Å². The number of hydrogen-bond acceptors (Lipinski definition) is 7. The quantitative estimate of drug-likeness (QED) is 0.358. The van der Waals surface area contributed by atoms with E-state index >= 15 is 0 Å². The standard InChI is InChI=1S/C11H11N5O3/c1-6-10(13-11(19)16-14-6)15-12-5-7-2-3-8(17)9(18)4-7/h2-5,17-18H,1H3,(H2,13,15,16,19)/b12-5+. The molecule has 0 aliphatic rings. The average molecular weight is 261 g/mol. The number of aromatic nitrogens is 3. The molecule has 2 rings (SSSR count). The van der Waals surface area contributed by atoms with E-state index in [2.05, 4.69) is 25.7 Å². The summed E-state index contributed by atoms with van der Waals surface area (Å²) in [4.78, 5) is 14.6. The summed E-state index contributed by atoms with van der Waals surface area (Å²) in [5, 5.41) is 28.2. The van der Waals surface area contributed by atoms with Gasteiger partial charge in [0, 0.05) is 0 Å². The maximum absolute atomic E-state index is 11.0. The number of rotatable bonds is 3. The third-order valence-electron chi connectivity index (χ3n) is 2.26. The van der Waals surface area contributed by atoms with Crippen molar-refractivity contribution in [1.82, 2.24) is 15.2 Å². The van der Waals surface area contributed by atoms with Crippen LogP contribution in [0.1, 0.15) is 11.3 Å². The number of benzene rings is 1.